The predicted octanol–water partition coefficient (Wildman–Crippen LogP) is 3.81. The Morgan fingerprint density at radius 2 is 1.93 bits per heavy atom. The summed E-state index contributed by atoms with van der Waals surface area (Å²) in [5, 5.41) is 11.5. The van der Waals surface area contributed by atoms with Crippen LogP contribution < -0.4 is 4.74 Å². The van der Waals surface area contributed by atoms with Crippen molar-refractivity contribution in [1.29, 1.82) is 0 Å². The summed E-state index contributed by atoms with van der Waals surface area (Å²) < 4.78 is 10.6. The minimum absolute atomic E-state index is 0.0158. The molecule has 29 heavy (non-hydrogen) atoms. The molecule has 0 bridgehead atoms. The van der Waals surface area contributed by atoms with Crippen LogP contribution in [0.2, 0.25) is 5.02 Å². The minimum atomic E-state index is -0.764. The zero-order valence-corrected chi connectivity index (χ0v) is 17.0. The molecule has 0 radical (unpaired) electrons. The van der Waals surface area contributed by atoms with E-state index in [9.17, 15) is 14.7 Å². The van der Waals surface area contributed by atoms with Crippen molar-refractivity contribution in [3.8, 4) is 5.75 Å². The lowest BCUT2D eigenvalue weighted by Gasteiger charge is -2.25. The summed E-state index contributed by atoms with van der Waals surface area (Å²) in [6.45, 7) is 2.78. The number of amides is 1. The number of Topliss-reactive ketones (excluding diaryl/α,β-unsaturated/α-hetero) is 1. The van der Waals surface area contributed by atoms with Gasteiger partial charge in [-0.3, -0.25) is 9.59 Å². The number of likely N-dealkylation sites (tertiary alicyclic amines) is 1. The summed E-state index contributed by atoms with van der Waals surface area (Å²) in [5.74, 6) is -1.13. The molecule has 1 saturated heterocycles. The van der Waals surface area contributed by atoms with Crippen LogP contribution in [0.4, 0.5) is 0 Å². The van der Waals surface area contributed by atoms with Crippen LogP contribution in [0.15, 0.2) is 54.1 Å². The number of aliphatic hydroxyl groups excluding tert-OH is 1. The molecule has 0 spiro atoms. The Morgan fingerprint density at radius 3 is 2.62 bits per heavy atom. The van der Waals surface area contributed by atoms with E-state index in [4.69, 9.17) is 21.1 Å². The summed E-state index contributed by atoms with van der Waals surface area (Å²) in [5.41, 5.74) is 1.05. The molecule has 1 aliphatic rings. The van der Waals surface area contributed by atoms with Crippen molar-refractivity contribution in [3.63, 3.8) is 0 Å². The van der Waals surface area contributed by atoms with Crippen LogP contribution in [0, 0.1) is 0 Å². The molecular formula is C22H22ClNO5. The maximum atomic E-state index is 12.9. The summed E-state index contributed by atoms with van der Waals surface area (Å²) in [6, 6.07) is 12.9. The Balaban J connectivity index is 2.15. The van der Waals surface area contributed by atoms with E-state index >= 15 is 0 Å². The normalized spacial score (nSPS) is 18.3. The number of ether oxygens (including phenoxy) is 2. The first kappa shape index (κ1) is 20.9. The van der Waals surface area contributed by atoms with Gasteiger partial charge >= 0.3 is 0 Å². The highest BCUT2D eigenvalue weighted by atomic mass is 35.5. The van der Waals surface area contributed by atoms with Crippen molar-refractivity contribution in [2.24, 2.45) is 0 Å². The van der Waals surface area contributed by atoms with E-state index in [1.807, 2.05) is 6.92 Å². The van der Waals surface area contributed by atoms with Crippen LogP contribution in [0.25, 0.3) is 5.76 Å². The van der Waals surface area contributed by atoms with Crippen molar-refractivity contribution in [1.82, 2.24) is 4.90 Å². The summed E-state index contributed by atoms with van der Waals surface area (Å²) in [4.78, 5) is 27.0. The second-order valence-corrected chi connectivity index (χ2v) is 6.94. The van der Waals surface area contributed by atoms with E-state index < -0.39 is 17.7 Å². The lowest BCUT2D eigenvalue weighted by Crippen LogP contribution is -2.32. The largest absolute Gasteiger partial charge is 0.507 e. The van der Waals surface area contributed by atoms with E-state index in [1.165, 1.54) is 12.0 Å². The van der Waals surface area contributed by atoms with E-state index in [-0.39, 0.29) is 24.5 Å². The lowest BCUT2D eigenvalue weighted by atomic mass is 9.95. The van der Waals surface area contributed by atoms with Gasteiger partial charge in [0.15, 0.2) is 0 Å². The number of aliphatic hydroxyl groups is 1. The molecule has 2 aromatic carbocycles. The van der Waals surface area contributed by atoms with Gasteiger partial charge in [-0.15, -0.1) is 0 Å². The molecule has 1 amide bonds. The number of hydrogen-bond donors (Lipinski definition) is 1. The van der Waals surface area contributed by atoms with Gasteiger partial charge in [-0.1, -0.05) is 35.9 Å². The first-order valence-corrected chi connectivity index (χ1v) is 9.61. The van der Waals surface area contributed by atoms with Crippen molar-refractivity contribution in [2.75, 3.05) is 26.9 Å². The third-order valence-electron chi connectivity index (χ3n) is 4.66. The standard InChI is InChI=1S/C22H22ClNO5/c1-3-29-17-9-5-7-15(13-17)20(25)18-19(14-6-4-8-16(23)12-14)24(10-11-28-2)22(27)21(18)26/h4-9,12-13,19,25H,3,10-11H2,1-2H3. The Hall–Kier alpha value is -2.83. The number of halogens is 1. The summed E-state index contributed by atoms with van der Waals surface area (Å²) >= 11 is 6.14. The van der Waals surface area contributed by atoms with E-state index in [0.29, 0.717) is 28.5 Å². The van der Waals surface area contributed by atoms with Crippen molar-refractivity contribution < 1.29 is 24.2 Å². The predicted molar refractivity (Wildman–Crippen MR) is 110 cm³/mol. The van der Waals surface area contributed by atoms with Crippen LogP contribution in [0.1, 0.15) is 24.1 Å². The first-order valence-electron chi connectivity index (χ1n) is 9.24. The molecule has 152 valence electrons. The molecule has 0 aromatic heterocycles. The maximum Gasteiger partial charge on any atom is 0.295 e. The van der Waals surface area contributed by atoms with Gasteiger partial charge in [0, 0.05) is 24.2 Å². The molecule has 1 aliphatic heterocycles. The fourth-order valence-electron chi connectivity index (χ4n) is 3.38. The van der Waals surface area contributed by atoms with Gasteiger partial charge in [-0.2, -0.15) is 0 Å². The van der Waals surface area contributed by atoms with Crippen LogP contribution >= 0.6 is 11.6 Å². The first-order chi connectivity index (χ1) is 14.0. The van der Waals surface area contributed by atoms with Gasteiger partial charge in [-0.25, -0.2) is 0 Å². The van der Waals surface area contributed by atoms with E-state index in [1.54, 1.807) is 48.5 Å². The number of carbonyl (C=O) groups excluding carboxylic acids is 2. The molecule has 1 N–H and O–H groups in total. The van der Waals surface area contributed by atoms with Crippen LogP contribution in [0.3, 0.4) is 0 Å². The zero-order chi connectivity index (χ0) is 21.0. The van der Waals surface area contributed by atoms with Gasteiger partial charge in [0.2, 0.25) is 0 Å². The average molecular weight is 416 g/mol. The SMILES string of the molecule is CCOc1cccc(C(O)=C2C(=O)C(=O)N(CCOC)C2c2cccc(Cl)c2)c1. The highest BCUT2D eigenvalue weighted by molar-refractivity contribution is 6.46. The van der Waals surface area contributed by atoms with Crippen molar-refractivity contribution in [2.45, 2.75) is 13.0 Å². The maximum absolute atomic E-state index is 12.9. The number of methoxy groups -OCH3 is 1. The number of ketones is 1. The van der Waals surface area contributed by atoms with Gasteiger partial charge in [0.1, 0.15) is 11.5 Å². The number of benzene rings is 2. The molecule has 0 aliphatic carbocycles. The smallest absolute Gasteiger partial charge is 0.295 e. The molecule has 1 unspecified atom stereocenters. The Bertz CT molecular complexity index is 956. The molecule has 1 heterocycles. The second kappa shape index (κ2) is 9.11. The molecule has 6 nitrogen and oxygen atoms in total. The fraction of sp³-hybridized carbons (Fsp3) is 0.273. The van der Waals surface area contributed by atoms with Crippen LogP contribution in [0.5, 0.6) is 5.75 Å². The Kier molecular flexibility index (Phi) is 6.56. The van der Waals surface area contributed by atoms with Gasteiger partial charge in [-0.05, 0) is 36.8 Å². The summed E-state index contributed by atoms with van der Waals surface area (Å²) in [7, 11) is 1.52. The molecule has 2 aromatic rings. The topological polar surface area (TPSA) is 76.1 Å². The fourth-order valence-corrected chi connectivity index (χ4v) is 3.58. The Morgan fingerprint density at radius 1 is 1.17 bits per heavy atom. The highest BCUT2D eigenvalue weighted by Crippen LogP contribution is 2.40. The Labute approximate surface area is 174 Å². The lowest BCUT2D eigenvalue weighted by molar-refractivity contribution is -0.140. The quantitative estimate of drug-likeness (QED) is 0.423. The molecule has 3 rings (SSSR count). The molecular weight excluding hydrogens is 394 g/mol. The van der Waals surface area contributed by atoms with Crippen molar-refractivity contribution >= 4 is 29.1 Å². The van der Waals surface area contributed by atoms with Crippen molar-refractivity contribution in [3.05, 3.63) is 70.3 Å². The van der Waals surface area contributed by atoms with Crippen LogP contribution in [-0.4, -0.2) is 48.6 Å². The van der Waals surface area contributed by atoms with E-state index in [2.05, 4.69) is 0 Å². The van der Waals surface area contributed by atoms with Gasteiger partial charge in [0.05, 0.1) is 24.8 Å². The summed E-state index contributed by atoms with van der Waals surface area (Å²) in [6.07, 6.45) is 0. The van der Waals surface area contributed by atoms with Gasteiger partial charge in [0.25, 0.3) is 11.7 Å². The van der Waals surface area contributed by atoms with E-state index in [0.717, 1.165) is 0 Å². The molecule has 1 atom stereocenters. The molecule has 7 heteroatoms. The average Bonchev–Trinajstić information content (AvgIpc) is 2.97. The highest BCUT2D eigenvalue weighted by Gasteiger charge is 2.45. The third-order valence-corrected chi connectivity index (χ3v) is 4.89. The number of nitrogens with zero attached hydrogens (tertiary/aromatic N) is 1. The van der Waals surface area contributed by atoms with Crippen LogP contribution in [-0.2, 0) is 14.3 Å². The van der Waals surface area contributed by atoms with Gasteiger partial charge < -0.3 is 19.5 Å². The number of rotatable bonds is 7. The molecule has 0 saturated carbocycles. The zero-order valence-electron chi connectivity index (χ0n) is 16.2. The number of carbonyl (C=O) groups is 2. The monoisotopic (exact) mass is 415 g/mol. The molecule has 1 fully saturated rings. The number of hydrogen-bond acceptors (Lipinski definition) is 5. The third kappa shape index (κ3) is 4.28. The second-order valence-electron chi connectivity index (χ2n) is 6.50. The minimum Gasteiger partial charge on any atom is -0.507 e.